The van der Waals surface area contributed by atoms with E-state index in [9.17, 15) is 0 Å². The second kappa shape index (κ2) is 4.74. The molecule has 0 spiro atoms. The Labute approximate surface area is 63.0 Å². The predicted octanol–water partition coefficient (Wildman–Crippen LogP) is 1.80. The van der Waals surface area contributed by atoms with Crippen molar-refractivity contribution >= 4 is 17.7 Å². The van der Waals surface area contributed by atoms with Crippen LogP contribution >= 0.6 is 12.2 Å². The lowest BCUT2D eigenvalue weighted by molar-refractivity contribution is 0.408. The summed E-state index contributed by atoms with van der Waals surface area (Å²) >= 11 is 4.62. The standard InChI is InChI=1S/C7H14NS/c1-4-7(2)5-8(3)6-9/h7H,4-5H2,1-3H3. The average Bonchev–Trinajstić information content (AvgIpc) is 1.87. The van der Waals surface area contributed by atoms with Crippen LogP contribution < -0.4 is 0 Å². The van der Waals surface area contributed by atoms with E-state index < -0.39 is 0 Å². The van der Waals surface area contributed by atoms with Crippen LogP contribution in [0.3, 0.4) is 0 Å². The first-order chi connectivity index (χ1) is 4.20. The second-order valence-electron chi connectivity index (χ2n) is 2.49. The Morgan fingerprint density at radius 1 is 1.67 bits per heavy atom. The number of hydrogen-bond donors (Lipinski definition) is 0. The molecule has 0 amide bonds. The molecular weight excluding hydrogens is 130 g/mol. The van der Waals surface area contributed by atoms with Crippen molar-refractivity contribution in [2.24, 2.45) is 5.92 Å². The Bertz CT molecular complexity index is 83.0. The van der Waals surface area contributed by atoms with Crippen molar-refractivity contribution in [3.05, 3.63) is 0 Å². The van der Waals surface area contributed by atoms with E-state index in [2.05, 4.69) is 31.6 Å². The van der Waals surface area contributed by atoms with E-state index in [0.29, 0.717) is 0 Å². The molecule has 0 fully saturated rings. The van der Waals surface area contributed by atoms with E-state index in [1.54, 1.807) is 0 Å². The fraction of sp³-hybridized carbons (Fsp3) is 0.857. The molecule has 0 aliphatic rings. The summed E-state index contributed by atoms with van der Waals surface area (Å²) in [7, 11) is 1.96. The third kappa shape index (κ3) is 4.40. The smallest absolute Gasteiger partial charge is 0.136 e. The van der Waals surface area contributed by atoms with Gasteiger partial charge in [0.25, 0.3) is 0 Å². The molecule has 53 valence electrons. The number of hydrogen-bond acceptors (Lipinski definition) is 1. The first-order valence-corrected chi connectivity index (χ1v) is 3.70. The monoisotopic (exact) mass is 144 g/mol. The zero-order valence-corrected chi connectivity index (χ0v) is 7.16. The summed E-state index contributed by atoms with van der Waals surface area (Å²) in [5.74, 6) is 0.727. The van der Waals surface area contributed by atoms with Gasteiger partial charge in [-0.3, -0.25) is 0 Å². The lowest BCUT2D eigenvalue weighted by atomic mass is 10.1. The molecule has 0 aromatic carbocycles. The lowest BCUT2D eigenvalue weighted by Crippen LogP contribution is -2.21. The van der Waals surface area contributed by atoms with E-state index in [-0.39, 0.29) is 0 Å². The highest BCUT2D eigenvalue weighted by Crippen LogP contribution is 2.00. The van der Waals surface area contributed by atoms with Gasteiger partial charge in [0.05, 0.1) is 0 Å². The van der Waals surface area contributed by atoms with Crippen LogP contribution in [0.2, 0.25) is 0 Å². The normalized spacial score (nSPS) is 12.8. The van der Waals surface area contributed by atoms with Gasteiger partial charge >= 0.3 is 0 Å². The van der Waals surface area contributed by atoms with E-state index in [1.807, 2.05) is 11.9 Å². The molecule has 0 aliphatic carbocycles. The summed E-state index contributed by atoms with van der Waals surface area (Å²) in [5, 5.41) is 0. The van der Waals surface area contributed by atoms with Gasteiger partial charge in [-0.05, 0) is 5.92 Å². The van der Waals surface area contributed by atoms with Gasteiger partial charge in [-0.15, -0.1) is 0 Å². The molecule has 2 heteroatoms. The molecule has 0 aliphatic heterocycles. The summed E-state index contributed by atoms with van der Waals surface area (Å²) in [5.41, 5.74) is 2.65. The molecular formula is C7H14NS. The number of nitrogens with zero attached hydrogens (tertiary/aromatic N) is 1. The topological polar surface area (TPSA) is 3.24 Å². The van der Waals surface area contributed by atoms with Crippen molar-refractivity contribution < 1.29 is 0 Å². The lowest BCUT2D eigenvalue weighted by Gasteiger charge is -2.15. The minimum atomic E-state index is 0.727. The highest BCUT2D eigenvalue weighted by atomic mass is 32.1. The van der Waals surface area contributed by atoms with Crippen LogP contribution in [0.25, 0.3) is 0 Å². The highest BCUT2D eigenvalue weighted by molar-refractivity contribution is 7.78. The molecule has 0 saturated carbocycles. The maximum absolute atomic E-state index is 4.62. The minimum absolute atomic E-state index is 0.727. The van der Waals surface area contributed by atoms with Crippen LogP contribution in [0.15, 0.2) is 0 Å². The Kier molecular flexibility index (Phi) is 4.68. The molecule has 1 unspecified atom stereocenters. The predicted molar refractivity (Wildman–Crippen MR) is 44.7 cm³/mol. The SMILES string of the molecule is CCC(C)CN(C)[C]=S. The van der Waals surface area contributed by atoms with Crippen molar-refractivity contribution in [3.8, 4) is 0 Å². The molecule has 1 nitrogen and oxygen atoms in total. The first-order valence-electron chi connectivity index (χ1n) is 3.29. The van der Waals surface area contributed by atoms with Gasteiger partial charge in [-0.2, -0.15) is 0 Å². The van der Waals surface area contributed by atoms with Crippen molar-refractivity contribution in [2.45, 2.75) is 20.3 Å². The molecule has 0 aromatic rings. The molecule has 0 saturated heterocycles. The van der Waals surface area contributed by atoms with Crippen LogP contribution in [0.4, 0.5) is 0 Å². The highest BCUT2D eigenvalue weighted by Gasteiger charge is 1.99. The maximum atomic E-state index is 4.62. The van der Waals surface area contributed by atoms with Crippen LogP contribution in [-0.2, 0) is 0 Å². The fourth-order valence-electron chi connectivity index (χ4n) is 0.634. The molecule has 0 heterocycles. The molecule has 1 radical (unpaired) electrons. The Morgan fingerprint density at radius 3 is 2.56 bits per heavy atom. The molecule has 1 atom stereocenters. The van der Waals surface area contributed by atoms with Gasteiger partial charge < -0.3 is 4.90 Å². The third-order valence-electron chi connectivity index (χ3n) is 1.44. The van der Waals surface area contributed by atoms with Crippen LogP contribution in [-0.4, -0.2) is 24.0 Å². The van der Waals surface area contributed by atoms with E-state index >= 15 is 0 Å². The summed E-state index contributed by atoms with van der Waals surface area (Å²) in [6.07, 6.45) is 1.21. The zero-order chi connectivity index (χ0) is 7.28. The van der Waals surface area contributed by atoms with Crippen molar-refractivity contribution in [3.63, 3.8) is 0 Å². The molecule has 0 bridgehead atoms. The van der Waals surface area contributed by atoms with Gasteiger partial charge in [-0.25, -0.2) is 0 Å². The van der Waals surface area contributed by atoms with Gasteiger partial charge in [0.15, 0.2) is 0 Å². The number of rotatable bonds is 4. The Hall–Kier alpha value is -0.110. The fourth-order valence-corrected chi connectivity index (χ4v) is 0.708. The Balaban J connectivity index is 3.33. The number of thiocarbonyl (C=S) groups is 1. The Morgan fingerprint density at radius 2 is 2.22 bits per heavy atom. The average molecular weight is 144 g/mol. The summed E-state index contributed by atoms with van der Waals surface area (Å²) < 4.78 is 0. The van der Waals surface area contributed by atoms with Crippen molar-refractivity contribution in [1.82, 2.24) is 4.90 Å². The quantitative estimate of drug-likeness (QED) is 0.437. The summed E-state index contributed by atoms with van der Waals surface area (Å²) in [6.45, 7) is 5.42. The second-order valence-corrected chi connectivity index (χ2v) is 2.67. The van der Waals surface area contributed by atoms with Gasteiger partial charge in [0, 0.05) is 13.6 Å². The van der Waals surface area contributed by atoms with E-state index in [1.165, 1.54) is 6.42 Å². The minimum Gasteiger partial charge on any atom is -0.363 e. The maximum Gasteiger partial charge on any atom is 0.136 e. The van der Waals surface area contributed by atoms with Gasteiger partial charge in [-0.1, -0.05) is 32.5 Å². The zero-order valence-electron chi connectivity index (χ0n) is 6.35. The third-order valence-corrected chi connectivity index (χ3v) is 1.75. The molecule has 0 N–H and O–H groups in total. The summed E-state index contributed by atoms with van der Waals surface area (Å²) in [6, 6.07) is 0. The largest absolute Gasteiger partial charge is 0.363 e. The van der Waals surface area contributed by atoms with E-state index in [0.717, 1.165) is 12.5 Å². The van der Waals surface area contributed by atoms with E-state index in [4.69, 9.17) is 0 Å². The first kappa shape index (κ1) is 8.89. The molecule has 0 aromatic heterocycles. The van der Waals surface area contributed by atoms with Gasteiger partial charge in [0.2, 0.25) is 0 Å². The van der Waals surface area contributed by atoms with Crippen molar-refractivity contribution in [2.75, 3.05) is 13.6 Å². The van der Waals surface area contributed by atoms with Crippen molar-refractivity contribution in [1.29, 1.82) is 0 Å². The summed E-state index contributed by atoms with van der Waals surface area (Å²) in [4.78, 5) is 1.92. The molecule has 0 rings (SSSR count). The molecule has 9 heavy (non-hydrogen) atoms. The van der Waals surface area contributed by atoms with Gasteiger partial charge in [0.1, 0.15) is 5.49 Å². The van der Waals surface area contributed by atoms with Crippen LogP contribution in [0.5, 0.6) is 0 Å². The van der Waals surface area contributed by atoms with Crippen LogP contribution in [0, 0.1) is 5.92 Å². The van der Waals surface area contributed by atoms with Crippen LogP contribution in [0.1, 0.15) is 20.3 Å².